The lowest BCUT2D eigenvalue weighted by Crippen LogP contribution is -2.26. The van der Waals surface area contributed by atoms with Gasteiger partial charge in [0, 0.05) is 41.0 Å². The molecule has 4 rings (SSSR count). The van der Waals surface area contributed by atoms with E-state index in [0.29, 0.717) is 28.7 Å². The van der Waals surface area contributed by atoms with Crippen molar-refractivity contribution in [3.8, 4) is 0 Å². The third-order valence-electron chi connectivity index (χ3n) is 4.40. The smallest absolute Gasteiger partial charge is 0.267 e. The van der Waals surface area contributed by atoms with Crippen LogP contribution in [0.4, 0.5) is 0 Å². The molecule has 0 aliphatic carbocycles. The number of imidazole rings is 1. The number of nitrogens with one attached hydrogen (secondary N) is 2. The van der Waals surface area contributed by atoms with Gasteiger partial charge in [-0.05, 0) is 42.5 Å². The summed E-state index contributed by atoms with van der Waals surface area (Å²) in [7, 11) is 1.96. The number of hydrogen-bond donors (Lipinski definition) is 2. The molecule has 2 aromatic heterocycles. The number of nitrogens with zero attached hydrogens (tertiary/aromatic N) is 2. The Labute approximate surface area is 159 Å². The van der Waals surface area contributed by atoms with Crippen LogP contribution in [0.2, 0.25) is 10.0 Å². The maximum atomic E-state index is 12.4. The first-order valence-electron chi connectivity index (χ1n) is 8.18. The lowest BCUT2D eigenvalue weighted by atomic mass is 10.2. The molecular weight excluding hydrogens is 371 g/mol. The second-order valence-electron chi connectivity index (χ2n) is 6.14. The Morgan fingerprint density at radius 1 is 1.15 bits per heavy atom. The van der Waals surface area contributed by atoms with Crippen LogP contribution in [0.5, 0.6) is 0 Å². The van der Waals surface area contributed by atoms with Crippen LogP contribution in [0.1, 0.15) is 16.3 Å². The Morgan fingerprint density at radius 3 is 2.77 bits per heavy atom. The normalized spacial score (nSPS) is 11.3. The van der Waals surface area contributed by atoms with E-state index in [9.17, 15) is 4.79 Å². The topological polar surface area (TPSA) is 62.7 Å². The number of aromatic amines is 1. The van der Waals surface area contributed by atoms with Gasteiger partial charge in [0.1, 0.15) is 11.5 Å². The summed E-state index contributed by atoms with van der Waals surface area (Å²) in [5.41, 5.74) is 3.27. The number of hydrogen-bond acceptors (Lipinski definition) is 2. The molecule has 2 N–H and O–H groups in total. The maximum Gasteiger partial charge on any atom is 0.267 e. The van der Waals surface area contributed by atoms with E-state index >= 15 is 0 Å². The van der Waals surface area contributed by atoms with Crippen molar-refractivity contribution >= 4 is 51.0 Å². The maximum absolute atomic E-state index is 12.4. The van der Waals surface area contributed by atoms with Crippen LogP contribution in [0.25, 0.3) is 21.9 Å². The standard InChI is InChI=1S/C19H16Cl2N4O/c1-25-17-5-3-13(21)10-15(17)24-18(25)6-7-22-19(26)16-9-11-8-12(20)2-4-14(11)23-16/h2-5,8-10,23H,6-7H2,1H3,(H,22,26). The Morgan fingerprint density at radius 2 is 1.92 bits per heavy atom. The second-order valence-corrected chi connectivity index (χ2v) is 7.01. The quantitative estimate of drug-likeness (QED) is 0.548. The van der Waals surface area contributed by atoms with Gasteiger partial charge in [0.05, 0.1) is 11.0 Å². The highest BCUT2D eigenvalue weighted by atomic mass is 35.5. The first-order chi connectivity index (χ1) is 12.5. The van der Waals surface area contributed by atoms with E-state index < -0.39 is 0 Å². The van der Waals surface area contributed by atoms with Crippen LogP contribution in [0.15, 0.2) is 42.5 Å². The summed E-state index contributed by atoms with van der Waals surface area (Å²) in [4.78, 5) is 20.1. The van der Waals surface area contributed by atoms with Crippen molar-refractivity contribution in [3.05, 3.63) is 64.0 Å². The molecule has 0 unspecified atom stereocenters. The van der Waals surface area contributed by atoms with Gasteiger partial charge in [0.2, 0.25) is 0 Å². The number of amides is 1. The molecule has 7 heteroatoms. The molecule has 0 bridgehead atoms. The number of carbonyl (C=O) groups excluding carboxylic acids is 1. The Kier molecular flexibility index (Phi) is 4.34. The fourth-order valence-corrected chi connectivity index (χ4v) is 3.40. The summed E-state index contributed by atoms with van der Waals surface area (Å²) in [6, 6.07) is 12.9. The minimum absolute atomic E-state index is 0.154. The number of fused-ring (bicyclic) bond motifs is 2. The van der Waals surface area contributed by atoms with Crippen LogP contribution in [0.3, 0.4) is 0 Å². The van der Waals surface area contributed by atoms with Crippen LogP contribution in [0, 0.1) is 0 Å². The lowest BCUT2D eigenvalue weighted by Gasteiger charge is -2.04. The SMILES string of the molecule is Cn1c(CCNC(=O)c2cc3cc(Cl)ccc3[nH]2)nc2cc(Cl)ccc21. The van der Waals surface area contributed by atoms with E-state index in [4.69, 9.17) is 23.2 Å². The highest BCUT2D eigenvalue weighted by Crippen LogP contribution is 2.21. The van der Waals surface area contributed by atoms with E-state index in [2.05, 4.69) is 15.3 Å². The number of carbonyl (C=O) groups is 1. The number of aryl methyl sites for hydroxylation is 1. The zero-order valence-electron chi connectivity index (χ0n) is 14.0. The second kappa shape index (κ2) is 6.67. The van der Waals surface area contributed by atoms with Gasteiger partial charge in [-0.25, -0.2) is 4.98 Å². The van der Waals surface area contributed by atoms with Gasteiger partial charge < -0.3 is 14.9 Å². The van der Waals surface area contributed by atoms with Crippen molar-refractivity contribution in [2.75, 3.05) is 6.54 Å². The molecule has 0 atom stereocenters. The van der Waals surface area contributed by atoms with Crippen LogP contribution >= 0.6 is 23.2 Å². The third-order valence-corrected chi connectivity index (χ3v) is 4.87. The largest absolute Gasteiger partial charge is 0.351 e. The van der Waals surface area contributed by atoms with E-state index in [-0.39, 0.29) is 5.91 Å². The number of aromatic nitrogens is 3. The van der Waals surface area contributed by atoms with Gasteiger partial charge in [-0.1, -0.05) is 23.2 Å². The van der Waals surface area contributed by atoms with Crippen molar-refractivity contribution in [2.24, 2.45) is 7.05 Å². The summed E-state index contributed by atoms with van der Waals surface area (Å²) in [6.45, 7) is 0.486. The summed E-state index contributed by atoms with van der Waals surface area (Å²) in [6.07, 6.45) is 0.626. The Hall–Kier alpha value is -2.50. The summed E-state index contributed by atoms with van der Waals surface area (Å²) in [5, 5.41) is 5.14. The fraction of sp³-hybridized carbons (Fsp3) is 0.158. The average molecular weight is 387 g/mol. The molecule has 132 valence electrons. The zero-order chi connectivity index (χ0) is 18.3. The van der Waals surface area contributed by atoms with E-state index in [1.807, 2.05) is 41.9 Å². The van der Waals surface area contributed by atoms with Crippen molar-refractivity contribution in [1.82, 2.24) is 19.9 Å². The summed E-state index contributed by atoms with van der Waals surface area (Å²) in [5.74, 6) is 0.741. The molecule has 0 fully saturated rings. The summed E-state index contributed by atoms with van der Waals surface area (Å²) < 4.78 is 2.02. The molecule has 0 aliphatic rings. The predicted molar refractivity (Wildman–Crippen MR) is 105 cm³/mol. The number of halogens is 2. The number of H-pyrrole nitrogens is 1. The Bertz CT molecular complexity index is 1130. The van der Waals surface area contributed by atoms with Crippen molar-refractivity contribution < 1.29 is 4.79 Å². The number of rotatable bonds is 4. The minimum atomic E-state index is -0.154. The van der Waals surface area contributed by atoms with Crippen molar-refractivity contribution in [1.29, 1.82) is 0 Å². The van der Waals surface area contributed by atoms with Gasteiger partial charge in [-0.3, -0.25) is 4.79 Å². The molecule has 5 nitrogen and oxygen atoms in total. The van der Waals surface area contributed by atoms with Gasteiger partial charge in [-0.2, -0.15) is 0 Å². The van der Waals surface area contributed by atoms with Crippen molar-refractivity contribution in [3.63, 3.8) is 0 Å². The molecule has 0 spiro atoms. The Balaban J connectivity index is 1.45. The summed E-state index contributed by atoms with van der Waals surface area (Å²) >= 11 is 12.0. The van der Waals surface area contributed by atoms with Crippen LogP contribution in [-0.4, -0.2) is 27.0 Å². The first-order valence-corrected chi connectivity index (χ1v) is 8.94. The molecule has 0 radical (unpaired) electrons. The highest BCUT2D eigenvalue weighted by molar-refractivity contribution is 6.31. The van der Waals surface area contributed by atoms with Gasteiger partial charge in [0.25, 0.3) is 5.91 Å². The molecule has 2 aromatic carbocycles. The van der Waals surface area contributed by atoms with Gasteiger partial charge in [-0.15, -0.1) is 0 Å². The first kappa shape index (κ1) is 16.9. The molecular formula is C19H16Cl2N4O. The molecule has 26 heavy (non-hydrogen) atoms. The van der Waals surface area contributed by atoms with E-state index in [1.165, 1.54) is 0 Å². The van der Waals surface area contributed by atoms with Crippen LogP contribution < -0.4 is 5.32 Å². The number of benzene rings is 2. The predicted octanol–water partition coefficient (Wildman–Crippen LogP) is 4.33. The molecule has 1 amide bonds. The van der Waals surface area contributed by atoms with Crippen LogP contribution in [-0.2, 0) is 13.5 Å². The lowest BCUT2D eigenvalue weighted by molar-refractivity contribution is 0.0950. The fourth-order valence-electron chi connectivity index (χ4n) is 3.06. The monoisotopic (exact) mass is 386 g/mol. The van der Waals surface area contributed by atoms with E-state index in [1.54, 1.807) is 12.1 Å². The molecule has 4 aromatic rings. The van der Waals surface area contributed by atoms with Crippen molar-refractivity contribution in [2.45, 2.75) is 6.42 Å². The highest BCUT2D eigenvalue weighted by Gasteiger charge is 2.11. The molecule has 0 saturated heterocycles. The van der Waals surface area contributed by atoms with Gasteiger partial charge in [0.15, 0.2) is 0 Å². The van der Waals surface area contributed by atoms with E-state index in [0.717, 1.165) is 27.8 Å². The zero-order valence-corrected chi connectivity index (χ0v) is 15.5. The minimum Gasteiger partial charge on any atom is -0.351 e. The third kappa shape index (κ3) is 3.16. The molecule has 0 aliphatic heterocycles. The average Bonchev–Trinajstić information content (AvgIpc) is 3.16. The molecule has 2 heterocycles. The molecule has 0 saturated carbocycles. The van der Waals surface area contributed by atoms with Gasteiger partial charge >= 0.3 is 0 Å².